The average molecular weight is 293 g/mol. The maximum atomic E-state index is 11.9. The van der Waals surface area contributed by atoms with Gasteiger partial charge in [0.15, 0.2) is 0 Å². The molecule has 1 amide bonds. The van der Waals surface area contributed by atoms with Gasteiger partial charge >= 0.3 is 0 Å². The molecule has 2 heterocycles. The number of oxazole rings is 1. The summed E-state index contributed by atoms with van der Waals surface area (Å²) >= 11 is 0. The van der Waals surface area contributed by atoms with Crippen molar-refractivity contribution in [2.75, 3.05) is 13.1 Å². The summed E-state index contributed by atoms with van der Waals surface area (Å²) in [7, 11) is 0. The summed E-state index contributed by atoms with van der Waals surface area (Å²) in [6, 6.07) is 0.306. The van der Waals surface area contributed by atoms with Crippen molar-refractivity contribution in [2.24, 2.45) is 5.92 Å². The Bertz CT molecular complexity index is 490. The smallest absolute Gasteiger partial charge is 0.249 e. The molecule has 1 saturated carbocycles. The molecule has 1 aliphatic carbocycles. The van der Waals surface area contributed by atoms with Crippen LogP contribution in [0.25, 0.3) is 0 Å². The lowest BCUT2D eigenvalue weighted by molar-refractivity contribution is -0.133. The van der Waals surface area contributed by atoms with Gasteiger partial charge in [0, 0.05) is 6.04 Å². The molecular formula is C15H23N3O3. The van der Waals surface area contributed by atoms with E-state index < -0.39 is 6.10 Å². The Hall–Kier alpha value is -1.40. The van der Waals surface area contributed by atoms with E-state index in [2.05, 4.69) is 15.2 Å². The number of likely N-dealkylation sites (tertiary alicyclic amines) is 1. The number of hydrogen-bond donors (Lipinski definition) is 2. The Kier molecular flexibility index (Phi) is 4.26. The van der Waals surface area contributed by atoms with Gasteiger partial charge < -0.3 is 14.8 Å². The van der Waals surface area contributed by atoms with Gasteiger partial charge in [-0.2, -0.15) is 0 Å². The van der Waals surface area contributed by atoms with Crippen molar-refractivity contribution in [3.63, 3.8) is 0 Å². The molecule has 0 spiro atoms. The Morgan fingerprint density at radius 3 is 2.76 bits per heavy atom. The molecule has 1 aromatic heterocycles. The zero-order chi connectivity index (χ0) is 14.8. The Morgan fingerprint density at radius 2 is 2.19 bits per heavy atom. The molecule has 1 saturated heterocycles. The number of piperidine rings is 1. The number of amides is 1. The second kappa shape index (κ2) is 6.15. The zero-order valence-corrected chi connectivity index (χ0v) is 12.4. The lowest BCUT2D eigenvalue weighted by Crippen LogP contribution is -2.44. The van der Waals surface area contributed by atoms with Gasteiger partial charge in [-0.25, -0.2) is 4.98 Å². The number of carbonyl (C=O) groups excluding carboxylic acids is 1. The first-order valence-corrected chi connectivity index (χ1v) is 7.74. The molecule has 1 unspecified atom stereocenters. The predicted octanol–water partition coefficient (Wildman–Crippen LogP) is 0.835. The third kappa shape index (κ3) is 3.83. The molecule has 3 rings (SSSR count). The third-order valence-corrected chi connectivity index (χ3v) is 4.30. The van der Waals surface area contributed by atoms with Gasteiger partial charge in [0.1, 0.15) is 11.9 Å². The highest BCUT2D eigenvalue weighted by Gasteiger charge is 2.33. The van der Waals surface area contributed by atoms with Crippen LogP contribution in [0.2, 0.25) is 0 Å². The molecular weight excluding hydrogens is 270 g/mol. The zero-order valence-electron chi connectivity index (χ0n) is 12.4. The summed E-state index contributed by atoms with van der Waals surface area (Å²) in [5.74, 6) is 1.43. The molecule has 6 heteroatoms. The van der Waals surface area contributed by atoms with Gasteiger partial charge in [0.2, 0.25) is 11.8 Å². The number of hydrogen-bond acceptors (Lipinski definition) is 5. The minimum absolute atomic E-state index is 0.0614. The number of nitrogens with zero attached hydrogens (tertiary/aromatic N) is 2. The van der Waals surface area contributed by atoms with E-state index in [9.17, 15) is 9.90 Å². The van der Waals surface area contributed by atoms with E-state index in [0.717, 1.165) is 50.4 Å². The number of nitrogens with one attached hydrogen (secondary N) is 1. The van der Waals surface area contributed by atoms with Crippen molar-refractivity contribution in [2.45, 2.75) is 51.3 Å². The van der Waals surface area contributed by atoms with E-state index in [0.29, 0.717) is 12.6 Å². The van der Waals surface area contributed by atoms with E-state index in [-0.39, 0.29) is 11.8 Å². The highest BCUT2D eigenvalue weighted by Crippen LogP contribution is 2.24. The van der Waals surface area contributed by atoms with Gasteiger partial charge in [0.25, 0.3) is 0 Å². The van der Waals surface area contributed by atoms with Crippen LogP contribution in [0, 0.1) is 12.8 Å². The van der Waals surface area contributed by atoms with Crippen molar-refractivity contribution in [3.05, 3.63) is 17.8 Å². The maximum absolute atomic E-state index is 11.9. The molecule has 1 aromatic rings. The van der Waals surface area contributed by atoms with Gasteiger partial charge in [-0.3, -0.25) is 9.69 Å². The summed E-state index contributed by atoms with van der Waals surface area (Å²) < 4.78 is 5.48. The monoisotopic (exact) mass is 293 g/mol. The largest absolute Gasteiger partial charge is 0.445 e. The molecule has 1 aliphatic heterocycles. The maximum Gasteiger partial charge on any atom is 0.249 e. The summed E-state index contributed by atoms with van der Waals surface area (Å²) in [6.07, 6.45) is 4.63. The fourth-order valence-corrected chi connectivity index (χ4v) is 2.82. The van der Waals surface area contributed by atoms with Crippen molar-refractivity contribution >= 4 is 5.91 Å². The molecule has 2 fully saturated rings. The van der Waals surface area contributed by atoms with E-state index in [1.165, 1.54) is 0 Å². The fourth-order valence-electron chi connectivity index (χ4n) is 2.82. The van der Waals surface area contributed by atoms with Crippen LogP contribution >= 0.6 is 0 Å². The van der Waals surface area contributed by atoms with Crippen LogP contribution in [0.1, 0.15) is 37.3 Å². The summed E-state index contributed by atoms with van der Waals surface area (Å²) in [4.78, 5) is 18.3. The molecule has 1 atom stereocenters. The first-order chi connectivity index (χ1) is 10.1. The van der Waals surface area contributed by atoms with Gasteiger partial charge in [-0.15, -0.1) is 0 Å². The van der Waals surface area contributed by atoms with Crippen LogP contribution in [-0.2, 0) is 11.3 Å². The van der Waals surface area contributed by atoms with Crippen LogP contribution in [0.15, 0.2) is 10.6 Å². The highest BCUT2D eigenvalue weighted by atomic mass is 16.4. The lowest BCUT2D eigenvalue weighted by Gasteiger charge is -2.33. The van der Waals surface area contributed by atoms with Gasteiger partial charge in [-0.1, -0.05) is 0 Å². The summed E-state index contributed by atoms with van der Waals surface area (Å²) in [5.41, 5.74) is 0. The van der Waals surface area contributed by atoms with Crippen LogP contribution in [-0.4, -0.2) is 46.1 Å². The van der Waals surface area contributed by atoms with Crippen molar-refractivity contribution in [1.82, 2.24) is 15.2 Å². The molecule has 21 heavy (non-hydrogen) atoms. The van der Waals surface area contributed by atoms with Crippen LogP contribution in [0.3, 0.4) is 0 Å². The SMILES string of the molecule is Cc1cnc(CN2CCC(C(O)C(=O)NC3CC3)CC2)o1. The number of aromatic nitrogens is 1. The normalized spacial score (nSPS) is 22.2. The van der Waals surface area contributed by atoms with Crippen molar-refractivity contribution < 1.29 is 14.3 Å². The molecule has 0 aromatic carbocycles. The fraction of sp³-hybridized carbons (Fsp3) is 0.733. The Labute approximate surface area is 124 Å². The van der Waals surface area contributed by atoms with Crippen molar-refractivity contribution in [3.8, 4) is 0 Å². The summed E-state index contributed by atoms with van der Waals surface area (Å²) in [6.45, 7) is 4.31. The number of aliphatic hydroxyl groups excluding tert-OH is 1. The second-order valence-electron chi connectivity index (χ2n) is 6.21. The van der Waals surface area contributed by atoms with E-state index in [1.807, 2.05) is 6.92 Å². The lowest BCUT2D eigenvalue weighted by atomic mass is 9.90. The molecule has 2 aliphatic rings. The Balaban J connectivity index is 1.44. The minimum Gasteiger partial charge on any atom is -0.445 e. The van der Waals surface area contributed by atoms with Gasteiger partial charge in [-0.05, 0) is 51.6 Å². The molecule has 0 radical (unpaired) electrons. The quantitative estimate of drug-likeness (QED) is 0.841. The third-order valence-electron chi connectivity index (χ3n) is 4.30. The molecule has 2 N–H and O–H groups in total. The standard InChI is InChI=1S/C15H23N3O3/c1-10-8-16-13(21-10)9-18-6-4-11(5-7-18)14(19)15(20)17-12-2-3-12/h8,11-12,14,19H,2-7,9H2,1H3,(H,17,20). The highest BCUT2D eigenvalue weighted by molar-refractivity contribution is 5.81. The first kappa shape index (κ1) is 14.5. The van der Waals surface area contributed by atoms with Crippen LogP contribution in [0.4, 0.5) is 0 Å². The molecule has 6 nitrogen and oxygen atoms in total. The summed E-state index contributed by atoms with van der Waals surface area (Å²) in [5, 5.41) is 13.0. The molecule has 116 valence electrons. The Morgan fingerprint density at radius 1 is 1.48 bits per heavy atom. The predicted molar refractivity (Wildman–Crippen MR) is 76.4 cm³/mol. The van der Waals surface area contributed by atoms with E-state index in [4.69, 9.17) is 4.42 Å². The average Bonchev–Trinajstić information content (AvgIpc) is 3.20. The molecule has 0 bridgehead atoms. The van der Waals surface area contributed by atoms with Crippen LogP contribution < -0.4 is 5.32 Å². The van der Waals surface area contributed by atoms with E-state index >= 15 is 0 Å². The topological polar surface area (TPSA) is 78.6 Å². The number of rotatable bonds is 5. The van der Waals surface area contributed by atoms with Crippen LogP contribution in [0.5, 0.6) is 0 Å². The second-order valence-corrected chi connectivity index (χ2v) is 6.21. The van der Waals surface area contributed by atoms with Crippen molar-refractivity contribution in [1.29, 1.82) is 0 Å². The minimum atomic E-state index is -0.864. The number of aryl methyl sites for hydroxylation is 1. The first-order valence-electron chi connectivity index (χ1n) is 7.74. The van der Waals surface area contributed by atoms with E-state index in [1.54, 1.807) is 6.20 Å². The van der Waals surface area contributed by atoms with Gasteiger partial charge in [0.05, 0.1) is 12.7 Å². The number of aliphatic hydroxyl groups is 1. The number of carbonyl (C=O) groups is 1.